The van der Waals surface area contributed by atoms with Gasteiger partial charge in [-0.3, -0.25) is 0 Å². The van der Waals surface area contributed by atoms with E-state index in [1.165, 1.54) is 24.0 Å². The first-order valence-corrected chi connectivity index (χ1v) is 15.3. The normalized spacial score (nSPS) is 22.8. The molecule has 7 rings (SSSR count). The second kappa shape index (κ2) is 10.7. The van der Waals surface area contributed by atoms with Crippen molar-refractivity contribution in [3.63, 3.8) is 0 Å². The van der Waals surface area contributed by atoms with E-state index in [2.05, 4.69) is 22.8 Å². The predicted octanol–water partition coefficient (Wildman–Crippen LogP) is 6.57. The van der Waals surface area contributed by atoms with Gasteiger partial charge < -0.3 is 18.8 Å². The molecule has 1 saturated heterocycles. The highest BCUT2D eigenvalue weighted by Gasteiger charge is 2.56. The molecule has 9 heteroatoms. The molecule has 4 heterocycles. The summed E-state index contributed by atoms with van der Waals surface area (Å²) in [5, 5.41) is 9.11. The zero-order valence-electron chi connectivity index (χ0n) is 23.8. The summed E-state index contributed by atoms with van der Waals surface area (Å²) in [6.45, 7) is 3.99. The molecule has 1 spiro atoms. The lowest BCUT2D eigenvalue weighted by Crippen LogP contribution is -2.31. The molecule has 42 heavy (non-hydrogen) atoms. The third-order valence-electron chi connectivity index (χ3n) is 9.09. The number of carbonyl (C=O) groups excluding carboxylic acids is 1. The van der Waals surface area contributed by atoms with Gasteiger partial charge in [-0.15, -0.1) is 11.3 Å². The van der Waals surface area contributed by atoms with E-state index < -0.39 is 0 Å². The van der Waals surface area contributed by atoms with E-state index in [-0.39, 0.29) is 17.5 Å². The van der Waals surface area contributed by atoms with E-state index in [0.717, 1.165) is 78.2 Å². The molecule has 1 aromatic carbocycles. The van der Waals surface area contributed by atoms with Gasteiger partial charge in [0.2, 0.25) is 5.88 Å². The van der Waals surface area contributed by atoms with Crippen molar-refractivity contribution in [1.29, 1.82) is 5.26 Å². The van der Waals surface area contributed by atoms with Gasteiger partial charge in [0.25, 0.3) is 0 Å². The van der Waals surface area contributed by atoms with Crippen LogP contribution in [0.4, 0.5) is 0 Å². The minimum atomic E-state index is -0.314. The highest BCUT2D eigenvalue weighted by Crippen LogP contribution is 2.66. The molecule has 3 atom stereocenters. The third-order valence-corrected chi connectivity index (χ3v) is 10.1. The number of nitriles is 1. The highest BCUT2D eigenvalue weighted by molar-refractivity contribution is 7.20. The molecule has 0 amide bonds. The van der Waals surface area contributed by atoms with Crippen molar-refractivity contribution in [1.82, 2.24) is 14.5 Å². The van der Waals surface area contributed by atoms with Crippen LogP contribution in [-0.2, 0) is 22.6 Å². The molecule has 1 saturated carbocycles. The number of thiophene rings is 1. The van der Waals surface area contributed by atoms with E-state index in [4.69, 9.17) is 29.4 Å². The molecule has 3 unspecified atom stereocenters. The number of aryl methyl sites for hydroxylation is 1. The molecule has 0 N–H and O–H groups in total. The van der Waals surface area contributed by atoms with Gasteiger partial charge in [0, 0.05) is 18.6 Å². The van der Waals surface area contributed by atoms with E-state index in [9.17, 15) is 4.79 Å². The maximum Gasteiger partial charge on any atom is 0.348 e. The second-order valence-electron chi connectivity index (χ2n) is 11.6. The first kappa shape index (κ1) is 26.9. The van der Waals surface area contributed by atoms with E-state index in [1.807, 2.05) is 43.3 Å². The molecule has 3 aromatic heterocycles. The lowest BCUT2D eigenvalue weighted by Gasteiger charge is -2.28. The largest absolute Gasteiger partial charge is 0.473 e. The number of carbonyl (C=O) groups is 1. The second-order valence-corrected chi connectivity index (χ2v) is 12.6. The standard InChI is InChI=1S/C33H32N4O4S/c1-20-14-21(17-34)6-7-23(20)19-41-29-5-3-4-26(35-29)22-8-11-33(12-9-22)16-25(33)30-36-31-27(15-28(42-31)32(38)39-2)37(30)18-24-10-13-40-24/h3-8,14-15,24-25H,9-13,16,18-19H2,1-2H3. The molecular formula is C33H32N4O4S. The number of pyridine rings is 1. The molecule has 1 aliphatic heterocycles. The van der Waals surface area contributed by atoms with Crippen LogP contribution in [0.1, 0.15) is 75.9 Å². The highest BCUT2D eigenvalue weighted by atomic mass is 32.1. The van der Waals surface area contributed by atoms with Crippen molar-refractivity contribution < 1.29 is 19.0 Å². The monoisotopic (exact) mass is 580 g/mol. The Morgan fingerprint density at radius 3 is 2.86 bits per heavy atom. The zero-order chi connectivity index (χ0) is 28.8. The van der Waals surface area contributed by atoms with Crippen LogP contribution in [0.15, 0.2) is 48.5 Å². The van der Waals surface area contributed by atoms with Gasteiger partial charge in [-0.25, -0.2) is 14.8 Å². The number of benzene rings is 1. The fourth-order valence-electron chi connectivity index (χ4n) is 6.34. The number of esters is 1. The molecule has 8 nitrogen and oxygen atoms in total. The van der Waals surface area contributed by atoms with Crippen LogP contribution in [0.5, 0.6) is 5.88 Å². The third kappa shape index (κ3) is 4.89. The molecule has 2 aliphatic carbocycles. The number of allylic oxidation sites excluding steroid dienone is 2. The Hall–Kier alpha value is -4.00. The molecule has 214 valence electrons. The fraction of sp³-hybridized carbons (Fsp3) is 0.394. The van der Waals surface area contributed by atoms with Crippen LogP contribution in [0.25, 0.3) is 15.9 Å². The van der Waals surface area contributed by atoms with E-state index in [1.54, 1.807) is 0 Å². The number of rotatable bonds is 8. The molecular weight excluding hydrogens is 548 g/mol. The zero-order valence-corrected chi connectivity index (χ0v) is 24.6. The Labute approximate surface area is 248 Å². The Kier molecular flexibility index (Phi) is 6.83. The number of methoxy groups -OCH3 is 1. The summed E-state index contributed by atoms with van der Waals surface area (Å²) in [5.41, 5.74) is 6.20. The average molecular weight is 581 g/mol. The minimum absolute atomic E-state index is 0.205. The lowest BCUT2D eigenvalue weighted by atomic mass is 9.83. The summed E-state index contributed by atoms with van der Waals surface area (Å²) in [6.07, 6.45) is 7.80. The maximum absolute atomic E-state index is 12.2. The van der Waals surface area contributed by atoms with Gasteiger partial charge in [-0.1, -0.05) is 18.2 Å². The van der Waals surface area contributed by atoms with Crippen molar-refractivity contribution in [3.8, 4) is 11.9 Å². The Balaban J connectivity index is 1.06. The van der Waals surface area contributed by atoms with Gasteiger partial charge in [-0.2, -0.15) is 5.26 Å². The van der Waals surface area contributed by atoms with Crippen LogP contribution in [0.3, 0.4) is 0 Å². The summed E-state index contributed by atoms with van der Waals surface area (Å²) in [4.78, 5) is 23.5. The maximum atomic E-state index is 12.2. The number of hydrogen-bond acceptors (Lipinski definition) is 8. The Morgan fingerprint density at radius 2 is 2.14 bits per heavy atom. The van der Waals surface area contributed by atoms with Crippen LogP contribution in [-0.4, -0.2) is 40.3 Å². The predicted molar refractivity (Wildman–Crippen MR) is 159 cm³/mol. The number of imidazole rings is 1. The topological polar surface area (TPSA) is 99.3 Å². The van der Waals surface area contributed by atoms with Crippen LogP contribution < -0.4 is 4.74 Å². The molecule has 0 bridgehead atoms. The van der Waals surface area contributed by atoms with Gasteiger partial charge in [0.15, 0.2) is 0 Å². The van der Waals surface area contributed by atoms with Crippen LogP contribution >= 0.6 is 11.3 Å². The molecule has 2 fully saturated rings. The van der Waals surface area contributed by atoms with Crippen molar-refractivity contribution in [2.45, 2.75) is 64.2 Å². The van der Waals surface area contributed by atoms with Crippen molar-refractivity contribution >= 4 is 33.2 Å². The fourth-order valence-corrected chi connectivity index (χ4v) is 7.30. The average Bonchev–Trinajstić information content (AvgIpc) is 3.33. The first-order valence-electron chi connectivity index (χ1n) is 14.4. The van der Waals surface area contributed by atoms with Gasteiger partial charge in [-0.05, 0) is 85.4 Å². The number of aromatic nitrogens is 3. The van der Waals surface area contributed by atoms with Gasteiger partial charge in [0.05, 0.1) is 42.6 Å². The van der Waals surface area contributed by atoms with Crippen molar-refractivity contribution in [3.05, 3.63) is 81.6 Å². The van der Waals surface area contributed by atoms with Crippen molar-refractivity contribution in [2.75, 3.05) is 13.7 Å². The Bertz CT molecular complexity index is 1760. The van der Waals surface area contributed by atoms with Crippen molar-refractivity contribution in [2.24, 2.45) is 5.41 Å². The smallest absolute Gasteiger partial charge is 0.348 e. The Morgan fingerprint density at radius 1 is 1.26 bits per heavy atom. The van der Waals surface area contributed by atoms with Crippen LogP contribution in [0, 0.1) is 23.7 Å². The minimum Gasteiger partial charge on any atom is -0.473 e. The molecule has 0 radical (unpaired) electrons. The number of nitrogens with zero attached hydrogens (tertiary/aromatic N) is 4. The van der Waals surface area contributed by atoms with E-state index in [0.29, 0.717) is 28.8 Å². The number of hydrogen-bond donors (Lipinski definition) is 0. The molecule has 4 aromatic rings. The summed E-state index contributed by atoms with van der Waals surface area (Å²) in [7, 11) is 1.41. The van der Waals surface area contributed by atoms with Crippen LogP contribution in [0.2, 0.25) is 0 Å². The summed E-state index contributed by atoms with van der Waals surface area (Å²) in [5.74, 6) is 1.82. The van der Waals surface area contributed by atoms with Gasteiger partial charge >= 0.3 is 5.97 Å². The summed E-state index contributed by atoms with van der Waals surface area (Å²) < 4.78 is 19.1. The number of fused-ring (bicyclic) bond motifs is 1. The van der Waals surface area contributed by atoms with Gasteiger partial charge in [0.1, 0.15) is 22.1 Å². The first-order chi connectivity index (χ1) is 20.5. The SMILES string of the molecule is COC(=O)c1cc2c(nc(C3CC34CC=C(c3cccc(OCc5ccc(C#N)cc5C)n3)CC4)n2CC2CCO2)s1. The summed E-state index contributed by atoms with van der Waals surface area (Å²) in [6, 6.07) is 15.7. The quantitative estimate of drug-likeness (QED) is 0.217. The molecule has 3 aliphatic rings. The lowest BCUT2D eigenvalue weighted by molar-refractivity contribution is -0.0590. The summed E-state index contributed by atoms with van der Waals surface area (Å²) >= 11 is 1.41. The van der Waals surface area contributed by atoms with E-state index >= 15 is 0 Å². The number of ether oxygens (including phenoxy) is 3.